The van der Waals surface area contributed by atoms with E-state index in [1.807, 2.05) is 0 Å². The van der Waals surface area contributed by atoms with Crippen LogP contribution in [0.1, 0.15) is 68.7 Å². The molecule has 2 unspecified atom stereocenters. The first-order valence-electron chi connectivity index (χ1n) is 10.8. The van der Waals surface area contributed by atoms with Gasteiger partial charge in [-0.1, -0.05) is 56.9 Å². The number of ether oxygens (including phenoxy) is 1. The molecule has 0 saturated heterocycles. The van der Waals surface area contributed by atoms with E-state index < -0.39 is 0 Å². The predicted octanol–water partition coefficient (Wildman–Crippen LogP) is 7.42. The lowest BCUT2D eigenvalue weighted by molar-refractivity contribution is 0.414. The molecule has 0 spiro atoms. The van der Waals surface area contributed by atoms with E-state index in [1.54, 1.807) is 7.11 Å². The zero-order chi connectivity index (χ0) is 19.9. The largest absolute Gasteiger partial charge is 0.497 e. The van der Waals surface area contributed by atoms with Crippen LogP contribution >= 0.6 is 0 Å². The van der Waals surface area contributed by atoms with E-state index in [0.29, 0.717) is 5.92 Å². The third-order valence-corrected chi connectivity index (χ3v) is 5.91. The number of H-pyrrole nitrogens is 1. The van der Waals surface area contributed by atoms with Gasteiger partial charge in [-0.2, -0.15) is 0 Å². The van der Waals surface area contributed by atoms with E-state index >= 15 is 0 Å². The number of benzene rings is 2. The highest BCUT2D eigenvalue weighted by molar-refractivity contribution is 5.81. The molecule has 2 aromatic carbocycles. The van der Waals surface area contributed by atoms with Crippen molar-refractivity contribution in [3.8, 4) is 5.75 Å². The maximum atomic E-state index is 5.22. The molecule has 1 N–H and O–H groups in total. The Morgan fingerprint density at radius 1 is 0.929 bits per heavy atom. The van der Waals surface area contributed by atoms with Crippen molar-refractivity contribution in [2.45, 2.75) is 65.2 Å². The maximum absolute atomic E-state index is 5.22. The number of hydrogen-bond donors (Lipinski definition) is 1. The smallest absolute Gasteiger partial charge is 0.118 e. The van der Waals surface area contributed by atoms with Crippen molar-refractivity contribution in [2.75, 3.05) is 7.11 Å². The molecule has 0 saturated carbocycles. The lowest BCUT2D eigenvalue weighted by Crippen LogP contribution is -2.02. The molecule has 0 aliphatic heterocycles. The normalized spacial score (nSPS) is 13.6. The van der Waals surface area contributed by atoms with Crippen LogP contribution in [0.2, 0.25) is 0 Å². The number of fused-ring (bicyclic) bond motifs is 1. The van der Waals surface area contributed by atoms with Gasteiger partial charge in [-0.05, 0) is 79.3 Å². The molecule has 0 aliphatic carbocycles. The summed E-state index contributed by atoms with van der Waals surface area (Å²) in [4.78, 5) is 3.62. The molecule has 0 amide bonds. The molecule has 1 aromatic heterocycles. The highest BCUT2D eigenvalue weighted by Crippen LogP contribution is 2.28. The Balaban J connectivity index is 1.37. The van der Waals surface area contributed by atoms with E-state index in [0.717, 1.165) is 11.7 Å². The van der Waals surface area contributed by atoms with E-state index in [1.165, 1.54) is 66.2 Å². The van der Waals surface area contributed by atoms with E-state index in [2.05, 4.69) is 74.3 Å². The fraction of sp³-hybridized carbons (Fsp3) is 0.462. The lowest BCUT2D eigenvalue weighted by Gasteiger charge is -2.16. The first-order chi connectivity index (χ1) is 13.5. The lowest BCUT2D eigenvalue weighted by atomic mass is 9.90. The highest BCUT2D eigenvalue weighted by Gasteiger charge is 2.13. The molecule has 0 bridgehead atoms. The van der Waals surface area contributed by atoms with Gasteiger partial charge in [-0.3, -0.25) is 0 Å². The summed E-state index contributed by atoms with van der Waals surface area (Å²) in [5.41, 5.74) is 5.39. The van der Waals surface area contributed by atoms with Gasteiger partial charge in [-0.25, -0.2) is 0 Å². The van der Waals surface area contributed by atoms with Gasteiger partial charge >= 0.3 is 0 Å². The Bertz CT molecular complexity index is 862. The topological polar surface area (TPSA) is 25.0 Å². The van der Waals surface area contributed by atoms with Crippen molar-refractivity contribution >= 4 is 10.9 Å². The first kappa shape index (κ1) is 20.5. The minimum Gasteiger partial charge on any atom is -0.497 e. The van der Waals surface area contributed by atoms with Crippen LogP contribution in [0.4, 0.5) is 0 Å². The Morgan fingerprint density at radius 3 is 2.46 bits per heavy atom. The van der Waals surface area contributed by atoms with Crippen LogP contribution in [0.3, 0.4) is 0 Å². The quantitative estimate of drug-likeness (QED) is 0.365. The van der Waals surface area contributed by atoms with E-state index in [9.17, 15) is 0 Å². The van der Waals surface area contributed by atoms with Crippen molar-refractivity contribution < 1.29 is 4.74 Å². The Kier molecular flexibility index (Phi) is 7.19. The van der Waals surface area contributed by atoms with Crippen molar-refractivity contribution in [3.63, 3.8) is 0 Å². The summed E-state index contributed by atoms with van der Waals surface area (Å²) in [6.45, 7) is 6.93. The maximum Gasteiger partial charge on any atom is 0.118 e. The summed E-state index contributed by atoms with van der Waals surface area (Å²) in [5.74, 6) is 2.29. The number of aryl methyl sites for hydroxylation is 2. The fourth-order valence-electron chi connectivity index (χ4n) is 4.18. The summed E-state index contributed by atoms with van der Waals surface area (Å²) in [7, 11) is 1.72. The molecule has 150 valence electrons. The second-order valence-electron chi connectivity index (χ2n) is 8.50. The molecule has 2 nitrogen and oxygen atoms in total. The second kappa shape index (κ2) is 9.82. The minimum atomic E-state index is 0.585. The monoisotopic (exact) mass is 377 g/mol. The van der Waals surface area contributed by atoms with Crippen LogP contribution in [-0.2, 0) is 6.42 Å². The van der Waals surface area contributed by atoms with Gasteiger partial charge in [0, 0.05) is 11.2 Å². The fourth-order valence-corrected chi connectivity index (χ4v) is 4.18. The van der Waals surface area contributed by atoms with Crippen LogP contribution < -0.4 is 4.74 Å². The van der Waals surface area contributed by atoms with Crippen LogP contribution in [0.5, 0.6) is 5.75 Å². The summed E-state index contributed by atoms with van der Waals surface area (Å²) in [6.07, 6.45) is 7.67. The summed E-state index contributed by atoms with van der Waals surface area (Å²) in [5, 5.41) is 1.34. The summed E-state index contributed by atoms with van der Waals surface area (Å²) >= 11 is 0. The summed E-state index contributed by atoms with van der Waals surface area (Å²) < 4.78 is 5.22. The number of aromatic nitrogens is 1. The zero-order valence-corrected chi connectivity index (χ0v) is 17.9. The van der Waals surface area contributed by atoms with Crippen LogP contribution in [-0.4, -0.2) is 12.1 Å². The van der Waals surface area contributed by atoms with Crippen molar-refractivity contribution in [3.05, 3.63) is 65.4 Å². The molecule has 0 aliphatic rings. The van der Waals surface area contributed by atoms with Gasteiger partial charge < -0.3 is 9.72 Å². The zero-order valence-electron chi connectivity index (χ0n) is 17.9. The molecule has 0 radical (unpaired) electrons. The van der Waals surface area contributed by atoms with Gasteiger partial charge in [0.25, 0.3) is 0 Å². The Morgan fingerprint density at radius 2 is 1.71 bits per heavy atom. The summed E-state index contributed by atoms with van der Waals surface area (Å²) in [6, 6.07) is 17.5. The van der Waals surface area contributed by atoms with Gasteiger partial charge in [0.05, 0.1) is 7.11 Å². The average molecular weight is 378 g/mol. The third-order valence-electron chi connectivity index (χ3n) is 5.91. The van der Waals surface area contributed by atoms with Crippen LogP contribution in [0.25, 0.3) is 10.9 Å². The third kappa shape index (κ3) is 5.64. The molecule has 3 rings (SSSR count). The van der Waals surface area contributed by atoms with Crippen LogP contribution in [0.15, 0.2) is 48.5 Å². The highest BCUT2D eigenvalue weighted by atomic mass is 16.5. The van der Waals surface area contributed by atoms with E-state index in [-0.39, 0.29) is 0 Å². The number of nitrogens with one attached hydrogen (secondary N) is 1. The van der Waals surface area contributed by atoms with Crippen molar-refractivity contribution in [1.82, 2.24) is 4.98 Å². The molecular weight excluding hydrogens is 342 g/mol. The number of aromatic amines is 1. The number of unbranched alkanes of at least 4 members (excludes halogenated alkanes) is 2. The molecule has 0 fully saturated rings. The molecular formula is C26H35NO. The van der Waals surface area contributed by atoms with Gasteiger partial charge in [-0.15, -0.1) is 0 Å². The second-order valence-corrected chi connectivity index (χ2v) is 8.50. The van der Waals surface area contributed by atoms with E-state index in [4.69, 9.17) is 4.74 Å². The van der Waals surface area contributed by atoms with Crippen molar-refractivity contribution in [1.29, 1.82) is 0 Å². The SMILES string of the molecule is COc1ccc(CCCCCC(C)CC(C)c2cc3cc(C)ccc3[nH]2)cc1. The standard InChI is InChI=1S/C26H35NO/c1-19(8-6-5-7-9-22-11-13-24(28-4)14-12-22)16-21(3)26-18-23-17-20(2)10-15-25(23)27-26/h10-15,17-19,21,27H,5-9,16H2,1-4H3. The minimum absolute atomic E-state index is 0.585. The number of hydrogen-bond acceptors (Lipinski definition) is 1. The van der Waals surface area contributed by atoms with Gasteiger partial charge in [0.2, 0.25) is 0 Å². The number of methoxy groups -OCH3 is 1. The first-order valence-corrected chi connectivity index (χ1v) is 10.8. The number of rotatable bonds is 10. The molecule has 28 heavy (non-hydrogen) atoms. The Hall–Kier alpha value is -2.22. The van der Waals surface area contributed by atoms with Gasteiger partial charge in [0.15, 0.2) is 0 Å². The Labute approximate surface area is 170 Å². The van der Waals surface area contributed by atoms with Crippen molar-refractivity contribution in [2.24, 2.45) is 5.92 Å². The molecule has 1 heterocycles. The van der Waals surface area contributed by atoms with Crippen LogP contribution in [0, 0.1) is 12.8 Å². The predicted molar refractivity (Wildman–Crippen MR) is 120 cm³/mol. The molecule has 2 heteroatoms. The average Bonchev–Trinajstić information content (AvgIpc) is 3.11. The molecule has 3 aromatic rings. The molecule has 2 atom stereocenters. The van der Waals surface area contributed by atoms with Gasteiger partial charge in [0.1, 0.15) is 5.75 Å².